The Morgan fingerprint density at radius 3 is 1.64 bits per heavy atom. The lowest BCUT2D eigenvalue weighted by molar-refractivity contribution is -0.320. The zero-order valence-corrected chi connectivity index (χ0v) is 20.1. The molecule has 3 rings (SSSR count). The van der Waals surface area contributed by atoms with Gasteiger partial charge in [0.05, 0.1) is 5.92 Å². The smallest absolute Gasteiger partial charge is 0.374 e. The average molecular weight is 447 g/mol. The van der Waals surface area contributed by atoms with Crippen LogP contribution in [0.3, 0.4) is 0 Å². The molecule has 1 unspecified atom stereocenters. The van der Waals surface area contributed by atoms with Crippen molar-refractivity contribution in [3.63, 3.8) is 0 Å². The Kier molecular flexibility index (Phi) is 10.3. The van der Waals surface area contributed by atoms with Crippen LogP contribution in [-0.2, 0) is 11.2 Å². The Morgan fingerprint density at radius 2 is 1.12 bits per heavy atom. The summed E-state index contributed by atoms with van der Waals surface area (Å²) in [6.45, 7) is 2.25. The fourth-order valence-corrected chi connectivity index (χ4v) is 4.22. The molecular weight excluding hydrogens is 408 g/mol. The van der Waals surface area contributed by atoms with Crippen LogP contribution in [0.15, 0.2) is 91.0 Å². The monoisotopic (exact) mass is 446 g/mol. The van der Waals surface area contributed by atoms with Crippen molar-refractivity contribution in [3.05, 3.63) is 96.6 Å². The Bertz CT molecular complexity index is 839. The SMILES string of the molecule is CCCCCCCCC(Cc1ccccc1)C(OC)(Oc1ccccc1)Oc1ccccc1. The summed E-state index contributed by atoms with van der Waals surface area (Å²) in [6.07, 6.45) is 9.23. The van der Waals surface area contributed by atoms with E-state index in [9.17, 15) is 0 Å². The predicted molar refractivity (Wildman–Crippen MR) is 136 cm³/mol. The Hall–Kier alpha value is -2.78. The number of ether oxygens (including phenoxy) is 3. The van der Waals surface area contributed by atoms with Crippen LogP contribution >= 0.6 is 0 Å². The van der Waals surface area contributed by atoms with Crippen LogP contribution in [0, 0.1) is 5.92 Å². The fraction of sp³-hybridized carbons (Fsp3) is 0.400. The van der Waals surface area contributed by atoms with Crippen LogP contribution in [0.4, 0.5) is 0 Å². The van der Waals surface area contributed by atoms with Gasteiger partial charge in [-0.15, -0.1) is 0 Å². The maximum absolute atomic E-state index is 6.54. The molecule has 0 aliphatic heterocycles. The molecule has 0 aliphatic rings. The summed E-state index contributed by atoms with van der Waals surface area (Å²) >= 11 is 0. The van der Waals surface area contributed by atoms with Gasteiger partial charge >= 0.3 is 5.97 Å². The molecule has 1 atom stereocenters. The molecule has 0 saturated carbocycles. The van der Waals surface area contributed by atoms with Crippen molar-refractivity contribution in [1.82, 2.24) is 0 Å². The van der Waals surface area contributed by atoms with Gasteiger partial charge in [0.15, 0.2) is 0 Å². The van der Waals surface area contributed by atoms with Crippen molar-refractivity contribution >= 4 is 0 Å². The summed E-state index contributed by atoms with van der Waals surface area (Å²) in [7, 11) is 1.69. The number of hydrogen-bond acceptors (Lipinski definition) is 3. The largest absolute Gasteiger partial charge is 0.430 e. The molecule has 3 aromatic carbocycles. The third kappa shape index (κ3) is 7.94. The van der Waals surface area contributed by atoms with Crippen molar-refractivity contribution < 1.29 is 14.2 Å². The van der Waals surface area contributed by atoms with E-state index in [0.29, 0.717) is 0 Å². The lowest BCUT2D eigenvalue weighted by Crippen LogP contribution is -2.52. The number of benzene rings is 3. The third-order valence-electron chi connectivity index (χ3n) is 6.02. The molecule has 0 aliphatic carbocycles. The Balaban J connectivity index is 1.87. The summed E-state index contributed by atoms with van der Waals surface area (Å²) < 4.78 is 19.2. The van der Waals surface area contributed by atoms with Gasteiger partial charge in [0, 0.05) is 7.11 Å². The molecule has 0 amide bonds. The van der Waals surface area contributed by atoms with E-state index in [1.165, 1.54) is 37.7 Å². The van der Waals surface area contributed by atoms with Gasteiger partial charge in [-0.05, 0) is 42.7 Å². The summed E-state index contributed by atoms with van der Waals surface area (Å²) in [4.78, 5) is 0. The lowest BCUT2D eigenvalue weighted by atomic mass is 9.90. The highest BCUT2D eigenvalue weighted by molar-refractivity contribution is 5.25. The third-order valence-corrected chi connectivity index (χ3v) is 6.02. The maximum atomic E-state index is 6.54. The van der Waals surface area contributed by atoms with Crippen LogP contribution in [0.1, 0.15) is 57.4 Å². The molecular formula is C30H38O3. The van der Waals surface area contributed by atoms with E-state index in [2.05, 4.69) is 37.3 Å². The summed E-state index contributed by atoms with van der Waals surface area (Å²) in [5.74, 6) is 0.242. The molecule has 0 N–H and O–H groups in total. The topological polar surface area (TPSA) is 27.7 Å². The van der Waals surface area contributed by atoms with Gasteiger partial charge < -0.3 is 14.2 Å². The minimum atomic E-state index is -1.23. The first-order valence-corrected chi connectivity index (χ1v) is 12.3. The predicted octanol–water partition coefficient (Wildman–Crippen LogP) is 8.05. The number of hydrogen-bond donors (Lipinski definition) is 0. The van der Waals surface area contributed by atoms with Gasteiger partial charge in [-0.25, -0.2) is 0 Å². The van der Waals surface area contributed by atoms with Gasteiger partial charge in [-0.2, -0.15) is 0 Å². The molecule has 0 bridgehead atoms. The highest BCUT2D eigenvalue weighted by Gasteiger charge is 2.44. The number of unbranched alkanes of at least 4 members (excludes halogenated alkanes) is 5. The van der Waals surface area contributed by atoms with Crippen molar-refractivity contribution in [2.45, 2.75) is 64.3 Å². The second-order valence-corrected chi connectivity index (χ2v) is 8.58. The number of rotatable bonds is 15. The van der Waals surface area contributed by atoms with Crippen molar-refractivity contribution in [3.8, 4) is 11.5 Å². The van der Waals surface area contributed by atoms with Crippen molar-refractivity contribution in [2.24, 2.45) is 5.92 Å². The van der Waals surface area contributed by atoms with E-state index < -0.39 is 5.97 Å². The normalized spacial score (nSPS) is 12.3. The molecule has 0 saturated heterocycles. The van der Waals surface area contributed by atoms with Crippen molar-refractivity contribution in [1.29, 1.82) is 0 Å². The molecule has 0 aromatic heterocycles. The Labute approximate surface area is 199 Å². The van der Waals surface area contributed by atoms with Crippen LogP contribution in [0.2, 0.25) is 0 Å². The highest BCUT2D eigenvalue weighted by Crippen LogP contribution is 2.35. The van der Waals surface area contributed by atoms with Gasteiger partial charge in [0.2, 0.25) is 0 Å². The van der Waals surface area contributed by atoms with Crippen molar-refractivity contribution in [2.75, 3.05) is 7.11 Å². The summed E-state index contributed by atoms with van der Waals surface area (Å²) in [5.41, 5.74) is 1.25. The van der Waals surface area contributed by atoms with E-state index >= 15 is 0 Å². The second-order valence-electron chi connectivity index (χ2n) is 8.58. The Morgan fingerprint density at radius 1 is 0.636 bits per heavy atom. The molecule has 0 heterocycles. The zero-order valence-electron chi connectivity index (χ0n) is 20.1. The van der Waals surface area contributed by atoms with Gasteiger partial charge in [0.1, 0.15) is 11.5 Å². The molecule has 3 nitrogen and oxygen atoms in total. The second kappa shape index (κ2) is 13.7. The fourth-order valence-electron chi connectivity index (χ4n) is 4.22. The van der Waals surface area contributed by atoms with Crippen LogP contribution in [0.25, 0.3) is 0 Å². The first-order valence-electron chi connectivity index (χ1n) is 12.3. The van der Waals surface area contributed by atoms with E-state index in [4.69, 9.17) is 14.2 Å². The number of para-hydroxylation sites is 2. The quantitative estimate of drug-likeness (QED) is 0.175. The molecule has 0 fully saturated rings. The molecule has 33 heavy (non-hydrogen) atoms. The molecule has 3 heteroatoms. The molecule has 3 aromatic rings. The van der Waals surface area contributed by atoms with Gasteiger partial charge in [-0.1, -0.05) is 112 Å². The first-order chi connectivity index (χ1) is 16.3. The molecule has 0 radical (unpaired) electrons. The van der Waals surface area contributed by atoms with E-state index in [-0.39, 0.29) is 5.92 Å². The summed E-state index contributed by atoms with van der Waals surface area (Å²) in [5, 5.41) is 0. The standard InChI is InChI=1S/C30H38O3/c1-3-4-5-6-7-13-20-27(25-26-18-11-8-12-19-26)30(31-2,32-28-21-14-9-15-22-28)33-29-23-16-10-17-24-29/h8-12,14-19,21-24,27H,3-7,13,20,25H2,1-2H3. The molecule has 0 spiro atoms. The average Bonchev–Trinajstić information content (AvgIpc) is 2.87. The lowest BCUT2D eigenvalue weighted by Gasteiger charge is -2.39. The van der Waals surface area contributed by atoms with E-state index in [1.54, 1.807) is 7.11 Å². The first kappa shape index (κ1) is 24.9. The van der Waals surface area contributed by atoms with Gasteiger partial charge in [0.25, 0.3) is 0 Å². The minimum absolute atomic E-state index is 0.0106. The van der Waals surface area contributed by atoms with E-state index in [1.807, 2.05) is 60.7 Å². The molecule has 176 valence electrons. The van der Waals surface area contributed by atoms with Gasteiger partial charge in [-0.3, -0.25) is 0 Å². The minimum Gasteiger partial charge on any atom is -0.430 e. The highest BCUT2D eigenvalue weighted by atomic mass is 16.9. The van der Waals surface area contributed by atoms with Crippen LogP contribution in [-0.4, -0.2) is 13.1 Å². The van der Waals surface area contributed by atoms with Crippen LogP contribution in [0.5, 0.6) is 11.5 Å². The zero-order chi connectivity index (χ0) is 23.2. The number of methoxy groups -OCH3 is 1. The maximum Gasteiger partial charge on any atom is 0.374 e. The van der Waals surface area contributed by atoms with Crippen LogP contribution < -0.4 is 9.47 Å². The summed E-state index contributed by atoms with van der Waals surface area (Å²) in [6, 6.07) is 30.2. The van der Waals surface area contributed by atoms with E-state index in [0.717, 1.165) is 30.8 Å².